The van der Waals surface area contributed by atoms with E-state index in [-0.39, 0.29) is 4.65 Å². The molecule has 0 radical (unpaired) electrons. The molecule has 0 aliphatic carbocycles. The third-order valence-corrected chi connectivity index (χ3v) is 3.83. The van der Waals surface area contributed by atoms with Crippen molar-refractivity contribution in [2.75, 3.05) is 13.1 Å². The molecule has 0 N–H and O–H groups in total. The smallest absolute Gasteiger partial charge is 0.104 e. The molecule has 1 fully saturated rings. The first kappa shape index (κ1) is 14.3. The van der Waals surface area contributed by atoms with E-state index >= 15 is 0 Å². The van der Waals surface area contributed by atoms with E-state index in [0.717, 1.165) is 18.7 Å². The Balaban J connectivity index is 1.69. The van der Waals surface area contributed by atoms with Crippen LogP contribution in [0.25, 0.3) is 0 Å². The van der Waals surface area contributed by atoms with Crippen molar-refractivity contribution >= 4 is 0 Å². The maximum Gasteiger partial charge on any atom is 0.104 e. The minimum absolute atomic E-state index is 0.0476. The summed E-state index contributed by atoms with van der Waals surface area (Å²) in [4.78, 5) is 0. The summed E-state index contributed by atoms with van der Waals surface area (Å²) in [5, 5.41) is 12.4. The average molecular weight is 259 g/mol. The molecule has 1 heterocycles. The van der Waals surface area contributed by atoms with Gasteiger partial charge in [0.05, 0.1) is 19.0 Å². The van der Waals surface area contributed by atoms with Crippen molar-refractivity contribution in [3.05, 3.63) is 53.3 Å². The highest BCUT2D eigenvalue weighted by Crippen LogP contribution is 2.28. The molecule has 2 heteroatoms. The number of rotatable bonds is 7. The summed E-state index contributed by atoms with van der Waals surface area (Å²) in [5.74, 6) is 0.503. The van der Waals surface area contributed by atoms with Crippen molar-refractivity contribution in [2.24, 2.45) is 5.92 Å². The molecule has 104 valence electrons. The van der Waals surface area contributed by atoms with E-state index in [4.69, 9.17) is 0 Å². The van der Waals surface area contributed by atoms with Gasteiger partial charge in [-0.3, -0.25) is 0 Å². The second kappa shape index (κ2) is 6.88. The van der Waals surface area contributed by atoms with Crippen LogP contribution < -0.4 is 0 Å². The Labute approximate surface area is 116 Å². The van der Waals surface area contributed by atoms with Crippen LogP contribution in [0.4, 0.5) is 0 Å². The molecule has 1 aromatic rings. The summed E-state index contributed by atoms with van der Waals surface area (Å²) < 4.78 is -0.0476. The molecule has 0 saturated carbocycles. The Kier molecular flexibility index (Phi) is 5.17. The predicted octanol–water partition coefficient (Wildman–Crippen LogP) is 4.27. The molecule has 0 aromatic heterocycles. The quantitative estimate of drug-likeness (QED) is 0.310. The van der Waals surface area contributed by atoms with Crippen LogP contribution in [0, 0.1) is 11.1 Å². The van der Waals surface area contributed by atoms with E-state index in [9.17, 15) is 5.21 Å². The molecule has 0 atom stereocenters. The third kappa shape index (κ3) is 4.48. The molecule has 0 spiro atoms. The standard InChI is InChI=1S/C17H25NO/c1-2-3-4-5-7-12-17-14-18(19,15-17)13-16-10-8-6-9-11-16/h6-12,17H,2-5,13-15H2,1H3/b12-7+. The van der Waals surface area contributed by atoms with Crippen molar-refractivity contribution in [3.63, 3.8) is 0 Å². The number of hydrogen-bond acceptors (Lipinski definition) is 1. The molecular weight excluding hydrogens is 234 g/mol. The average Bonchev–Trinajstić information content (AvgIpc) is 2.37. The zero-order valence-corrected chi connectivity index (χ0v) is 11.9. The number of allylic oxidation sites excluding steroid dienone is 1. The van der Waals surface area contributed by atoms with Gasteiger partial charge in [-0.15, -0.1) is 0 Å². The van der Waals surface area contributed by atoms with Gasteiger partial charge < -0.3 is 9.85 Å². The fourth-order valence-corrected chi connectivity index (χ4v) is 2.77. The summed E-state index contributed by atoms with van der Waals surface area (Å²) in [6, 6.07) is 10.1. The first-order chi connectivity index (χ1) is 9.22. The van der Waals surface area contributed by atoms with Gasteiger partial charge in [-0.25, -0.2) is 0 Å². The van der Waals surface area contributed by atoms with Crippen LogP contribution in [-0.4, -0.2) is 17.7 Å². The summed E-state index contributed by atoms with van der Waals surface area (Å²) in [6.07, 6.45) is 9.56. The van der Waals surface area contributed by atoms with Gasteiger partial charge in [0, 0.05) is 5.56 Å². The van der Waals surface area contributed by atoms with Gasteiger partial charge in [-0.05, 0) is 12.8 Å². The number of nitrogens with zero attached hydrogens (tertiary/aromatic N) is 1. The third-order valence-electron chi connectivity index (χ3n) is 3.83. The Morgan fingerprint density at radius 3 is 2.63 bits per heavy atom. The number of unbranched alkanes of at least 4 members (excludes halogenated alkanes) is 3. The minimum atomic E-state index is -0.0476. The van der Waals surface area contributed by atoms with Crippen LogP contribution >= 0.6 is 0 Å². The van der Waals surface area contributed by atoms with E-state index < -0.39 is 0 Å². The van der Waals surface area contributed by atoms with Crippen LogP contribution in [0.1, 0.15) is 38.2 Å². The maximum atomic E-state index is 12.4. The van der Waals surface area contributed by atoms with E-state index in [2.05, 4.69) is 19.1 Å². The first-order valence-electron chi connectivity index (χ1n) is 7.49. The minimum Gasteiger partial charge on any atom is -0.633 e. The lowest BCUT2D eigenvalue weighted by Gasteiger charge is -2.53. The molecule has 2 rings (SSSR count). The van der Waals surface area contributed by atoms with Crippen molar-refractivity contribution < 1.29 is 4.65 Å². The first-order valence-corrected chi connectivity index (χ1v) is 7.49. The number of benzene rings is 1. The Hall–Kier alpha value is -1.12. The maximum absolute atomic E-state index is 12.4. The molecule has 0 unspecified atom stereocenters. The van der Waals surface area contributed by atoms with Crippen molar-refractivity contribution in [2.45, 2.75) is 39.2 Å². The Morgan fingerprint density at radius 1 is 1.21 bits per heavy atom. The van der Waals surface area contributed by atoms with Crippen molar-refractivity contribution in [3.8, 4) is 0 Å². The summed E-state index contributed by atoms with van der Waals surface area (Å²) in [5.41, 5.74) is 1.16. The second-order valence-corrected chi connectivity index (χ2v) is 5.75. The molecule has 1 saturated heterocycles. The normalized spacial score (nSPS) is 26.5. The van der Waals surface area contributed by atoms with Crippen molar-refractivity contribution in [1.29, 1.82) is 0 Å². The molecule has 1 aromatic carbocycles. The largest absolute Gasteiger partial charge is 0.633 e. The SMILES string of the molecule is CCCCC/C=C/C1C[N+]([O-])(Cc2ccccc2)C1. The molecular formula is C17H25NO. The molecule has 0 amide bonds. The number of likely N-dealkylation sites (tertiary alicyclic amines) is 1. The fourth-order valence-electron chi connectivity index (χ4n) is 2.77. The van der Waals surface area contributed by atoms with Crippen LogP contribution in [-0.2, 0) is 6.54 Å². The van der Waals surface area contributed by atoms with Gasteiger partial charge in [0.1, 0.15) is 6.54 Å². The van der Waals surface area contributed by atoms with Crippen LogP contribution in [0.2, 0.25) is 0 Å². The predicted molar refractivity (Wildman–Crippen MR) is 80.3 cm³/mol. The van der Waals surface area contributed by atoms with Gasteiger partial charge in [-0.2, -0.15) is 0 Å². The fraction of sp³-hybridized carbons (Fsp3) is 0.529. The number of hydroxylamine groups is 3. The van der Waals surface area contributed by atoms with Crippen LogP contribution in [0.3, 0.4) is 0 Å². The lowest BCUT2D eigenvalue weighted by Crippen LogP contribution is -2.58. The Bertz CT molecular complexity index is 393. The topological polar surface area (TPSA) is 23.1 Å². The zero-order chi connectivity index (χ0) is 13.6. The van der Waals surface area contributed by atoms with E-state index in [1.165, 1.54) is 25.7 Å². The van der Waals surface area contributed by atoms with Crippen molar-refractivity contribution in [1.82, 2.24) is 0 Å². The zero-order valence-electron chi connectivity index (χ0n) is 11.9. The molecule has 2 nitrogen and oxygen atoms in total. The molecule has 1 aliphatic heterocycles. The van der Waals surface area contributed by atoms with E-state index in [1.54, 1.807) is 0 Å². The second-order valence-electron chi connectivity index (χ2n) is 5.75. The van der Waals surface area contributed by atoms with Crippen LogP contribution in [0.5, 0.6) is 0 Å². The lowest BCUT2D eigenvalue weighted by molar-refractivity contribution is -0.939. The van der Waals surface area contributed by atoms with Gasteiger partial charge in [-0.1, -0.05) is 62.2 Å². The van der Waals surface area contributed by atoms with Gasteiger partial charge in [0.15, 0.2) is 0 Å². The Morgan fingerprint density at radius 2 is 1.95 bits per heavy atom. The lowest BCUT2D eigenvalue weighted by atomic mass is 9.97. The molecule has 1 aliphatic rings. The molecule has 19 heavy (non-hydrogen) atoms. The van der Waals surface area contributed by atoms with Crippen LogP contribution in [0.15, 0.2) is 42.5 Å². The summed E-state index contributed by atoms with van der Waals surface area (Å²) >= 11 is 0. The highest BCUT2D eigenvalue weighted by molar-refractivity contribution is 5.13. The summed E-state index contributed by atoms with van der Waals surface area (Å²) in [7, 11) is 0. The highest BCUT2D eigenvalue weighted by Gasteiger charge is 2.35. The van der Waals surface area contributed by atoms with Gasteiger partial charge in [0.2, 0.25) is 0 Å². The highest BCUT2D eigenvalue weighted by atomic mass is 16.5. The van der Waals surface area contributed by atoms with E-state index in [1.807, 2.05) is 30.3 Å². The number of hydrogen-bond donors (Lipinski definition) is 0. The summed E-state index contributed by atoms with van der Waals surface area (Å²) in [6.45, 7) is 4.35. The van der Waals surface area contributed by atoms with Gasteiger partial charge >= 0.3 is 0 Å². The molecule has 0 bridgehead atoms. The number of quaternary nitrogens is 1. The van der Waals surface area contributed by atoms with E-state index in [0.29, 0.717) is 12.5 Å². The monoisotopic (exact) mass is 259 g/mol. The van der Waals surface area contributed by atoms with Gasteiger partial charge in [0.25, 0.3) is 0 Å².